The molecule has 0 spiro atoms. The number of halogens is 1. The third kappa shape index (κ3) is 3.98. The Morgan fingerprint density at radius 1 is 1.38 bits per heavy atom. The summed E-state index contributed by atoms with van der Waals surface area (Å²) in [5.41, 5.74) is 5.46. The van der Waals surface area contributed by atoms with Crippen molar-refractivity contribution in [2.75, 3.05) is 13.6 Å². The van der Waals surface area contributed by atoms with E-state index in [1.54, 1.807) is 19.2 Å². The van der Waals surface area contributed by atoms with E-state index in [4.69, 9.17) is 17.3 Å². The lowest BCUT2D eigenvalue weighted by atomic mass is 10.0. The highest BCUT2D eigenvalue weighted by atomic mass is 35.5. The van der Waals surface area contributed by atoms with E-state index in [0.29, 0.717) is 12.0 Å². The first kappa shape index (κ1) is 18.0. The van der Waals surface area contributed by atoms with Gasteiger partial charge in [0.15, 0.2) is 0 Å². The standard InChI is InChI=1S/C15H21ClN2O2S/c1-5-15(2,3)18(4)21(19,20)14-9-8-12(7-6-10-17)11-13(14)16/h8-9,11H,5,10,17H2,1-4H3. The van der Waals surface area contributed by atoms with E-state index in [-0.39, 0.29) is 16.5 Å². The molecule has 0 bridgehead atoms. The van der Waals surface area contributed by atoms with Crippen LogP contribution in [0.1, 0.15) is 32.8 Å². The Balaban J connectivity index is 3.27. The van der Waals surface area contributed by atoms with Gasteiger partial charge in [0.05, 0.1) is 11.6 Å². The third-order valence-corrected chi connectivity index (χ3v) is 6.17. The van der Waals surface area contributed by atoms with Gasteiger partial charge in [0.1, 0.15) is 4.90 Å². The molecule has 1 aromatic rings. The van der Waals surface area contributed by atoms with Gasteiger partial charge in [-0.1, -0.05) is 30.4 Å². The lowest BCUT2D eigenvalue weighted by Crippen LogP contribution is -2.44. The number of nitrogens with two attached hydrogens (primary N) is 1. The van der Waals surface area contributed by atoms with Crippen LogP contribution in [-0.4, -0.2) is 31.9 Å². The minimum Gasteiger partial charge on any atom is -0.320 e. The maximum absolute atomic E-state index is 12.7. The summed E-state index contributed by atoms with van der Waals surface area (Å²) < 4.78 is 26.7. The van der Waals surface area contributed by atoms with Crippen LogP contribution in [0.3, 0.4) is 0 Å². The summed E-state index contributed by atoms with van der Waals surface area (Å²) in [6.45, 7) is 5.93. The van der Waals surface area contributed by atoms with Crippen LogP contribution in [0.15, 0.2) is 23.1 Å². The minimum atomic E-state index is -3.65. The second-order valence-corrected chi connectivity index (χ2v) is 7.63. The molecule has 0 saturated heterocycles. The zero-order valence-corrected chi connectivity index (χ0v) is 14.3. The molecule has 0 radical (unpaired) electrons. The van der Waals surface area contributed by atoms with Crippen molar-refractivity contribution in [3.63, 3.8) is 0 Å². The first-order valence-corrected chi connectivity index (χ1v) is 8.46. The Bertz CT molecular complexity index is 673. The molecular formula is C15H21ClN2O2S. The van der Waals surface area contributed by atoms with Gasteiger partial charge in [-0.3, -0.25) is 0 Å². The van der Waals surface area contributed by atoms with Crippen molar-refractivity contribution in [1.82, 2.24) is 4.31 Å². The number of hydrogen-bond donors (Lipinski definition) is 1. The Kier molecular flexibility index (Phi) is 5.83. The van der Waals surface area contributed by atoms with E-state index in [2.05, 4.69) is 11.8 Å². The Hall–Kier alpha value is -1.06. The summed E-state index contributed by atoms with van der Waals surface area (Å²) in [6, 6.07) is 4.67. The molecule has 0 heterocycles. The van der Waals surface area contributed by atoms with Gasteiger partial charge in [0, 0.05) is 18.2 Å². The van der Waals surface area contributed by atoms with Crippen LogP contribution in [0.25, 0.3) is 0 Å². The molecule has 0 aliphatic rings. The fourth-order valence-electron chi connectivity index (χ4n) is 1.64. The van der Waals surface area contributed by atoms with Crippen molar-refractivity contribution < 1.29 is 8.42 Å². The van der Waals surface area contributed by atoms with Crippen LogP contribution < -0.4 is 5.73 Å². The lowest BCUT2D eigenvalue weighted by molar-refractivity contribution is 0.257. The second-order valence-electron chi connectivity index (χ2n) is 5.29. The molecule has 116 valence electrons. The van der Waals surface area contributed by atoms with Crippen LogP contribution in [-0.2, 0) is 10.0 Å². The smallest absolute Gasteiger partial charge is 0.244 e. The Morgan fingerprint density at radius 2 is 2.00 bits per heavy atom. The molecule has 0 fully saturated rings. The van der Waals surface area contributed by atoms with E-state index in [0.717, 1.165) is 0 Å². The van der Waals surface area contributed by atoms with E-state index in [1.165, 1.54) is 10.4 Å². The molecule has 0 aromatic heterocycles. The molecule has 0 aliphatic heterocycles. The van der Waals surface area contributed by atoms with E-state index >= 15 is 0 Å². The molecule has 0 saturated carbocycles. The maximum atomic E-state index is 12.7. The molecule has 1 rings (SSSR count). The van der Waals surface area contributed by atoms with Gasteiger partial charge in [0.25, 0.3) is 0 Å². The van der Waals surface area contributed by atoms with Gasteiger partial charge < -0.3 is 5.73 Å². The molecule has 0 atom stereocenters. The van der Waals surface area contributed by atoms with Gasteiger partial charge in [-0.2, -0.15) is 4.31 Å². The van der Waals surface area contributed by atoms with Crippen LogP contribution in [0.5, 0.6) is 0 Å². The summed E-state index contributed by atoms with van der Waals surface area (Å²) in [4.78, 5) is 0.0893. The van der Waals surface area contributed by atoms with E-state index in [9.17, 15) is 8.42 Å². The highest BCUT2D eigenvalue weighted by Crippen LogP contribution is 2.30. The van der Waals surface area contributed by atoms with E-state index in [1.807, 2.05) is 20.8 Å². The molecule has 4 nitrogen and oxygen atoms in total. The summed E-state index contributed by atoms with van der Waals surface area (Å²) in [6.07, 6.45) is 0.695. The van der Waals surface area contributed by atoms with Gasteiger partial charge in [-0.15, -0.1) is 0 Å². The molecule has 0 amide bonds. The fourth-order valence-corrected chi connectivity index (χ4v) is 3.73. The average Bonchev–Trinajstić information content (AvgIpc) is 2.43. The molecular weight excluding hydrogens is 308 g/mol. The van der Waals surface area contributed by atoms with Gasteiger partial charge in [0.2, 0.25) is 10.0 Å². The SMILES string of the molecule is CCC(C)(C)N(C)S(=O)(=O)c1ccc(C#CCN)cc1Cl. The average molecular weight is 329 g/mol. The Morgan fingerprint density at radius 3 is 2.48 bits per heavy atom. The predicted molar refractivity (Wildman–Crippen MR) is 86.7 cm³/mol. The first-order valence-electron chi connectivity index (χ1n) is 6.64. The van der Waals surface area contributed by atoms with Crippen LogP contribution in [0.4, 0.5) is 0 Å². The maximum Gasteiger partial charge on any atom is 0.244 e. The normalized spacial score (nSPS) is 12.1. The number of sulfonamides is 1. The van der Waals surface area contributed by atoms with Crippen molar-refractivity contribution >= 4 is 21.6 Å². The molecule has 2 N–H and O–H groups in total. The zero-order valence-electron chi connectivity index (χ0n) is 12.8. The molecule has 0 aliphatic carbocycles. The monoisotopic (exact) mass is 328 g/mol. The van der Waals surface area contributed by atoms with E-state index < -0.39 is 15.6 Å². The summed E-state index contributed by atoms with van der Waals surface area (Å²) in [5, 5.41) is 0.164. The van der Waals surface area contributed by atoms with Gasteiger partial charge in [-0.05, 0) is 38.5 Å². The van der Waals surface area contributed by atoms with Crippen molar-refractivity contribution in [2.24, 2.45) is 5.73 Å². The molecule has 6 heteroatoms. The summed E-state index contributed by atoms with van der Waals surface area (Å²) >= 11 is 6.13. The Labute approximate surface area is 132 Å². The predicted octanol–water partition coefficient (Wildman–Crippen LogP) is 2.46. The van der Waals surface area contributed by atoms with Crippen molar-refractivity contribution in [1.29, 1.82) is 0 Å². The van der Waals surface area contributed by atoms with Crippen LogP contribution >= 0.6 is 11.6 Å². The highest BCUT2D eigenvalue weighted by molar-refractivity contribution is 7.89. The largest absolute Gasteiger partial charge is 0.320 e. The quantitative estimate of drug-likeness (QED) is 0.863. The molecule has 21 heavy (non-hydrogen) atoms. The van der Waals surface area contributed by atoms with Crippen molar-refractivity contribution in [2.45, 2.75) is 37.6 Å². The molecule has 1 aromatic carbocycles. The van der Waals surface area contributed by atoms with Gasteiger partial charge >= 0.3 is 0 Å². The number of nitrogens with zero attached hydrogens (tertiary/aromatic N) is 1. The zero-order chi connectivity index (χ0) is 16.3. The third-order valence-electron chi connectivity index (χ3n) is 3.62. The van der Waals surface area contributed by atoms with Gasteiger partial charge in [-0.25, -0.2) is 8.42 Å². The minimum absolute atomic E-state index is 0.0893. The fraction of sp³-hybridized carbons (Fsp3) is 0.467. The summed E-state index contributed by atoms with van der Waals surface area (Å²) in [7, 11) is -2.08. The molecule has 0 unspecified atom stereocenters. The second kappa shape index (κ2) is 6.80. The van der Waals surface area contributed by atoms with Crippen molar-refractivity contribution in [3.8, 4) is 11.8 Å². The highest BCUT2D eigenvalue weighted by Gasteiger charge is 2.33. The topological polar surface area (TPSA) is 63.4 Å². The number of benzene rings is 1. The number of hydrogen-bond acceptors (Lipinski definition) is 3. The van der Waals surface area contributed by atoms with Crippen LogP contribution in [0.2, 0.25) is 5.02 Å². The first-order chi connectivity index (χ1) is 9.66. The van der Waals surface area contributed by atoms with Crippen LogP contribution in [0, 0.1) is 11.8 Å². The van der Waals surface area contributed by atoms with Crippen molar-refractivity contribution in [3.05, 3.63) is 28.8 Å². The summed E-state index contributed by atoms with van der Waals surface area (Å²) in [5.74, 6) is 5.53. The number of rotatable bonds is 4. The lowest BCUT2D eigenvalue weighted by Gasteiger charge is -2.33.